The molecule has 3 amide bonds. The molecule has 0 aromatic heterocycles. The molecule has 6 nitrogen and oxygen atoms in total. The summed E-state index contributed by atoms with van der Waals surface area (Å²) in [5.74, 6) is 0.162. The third-order valence-electron chi connectivity index (χ3n) is 4.89. The van der Waals surface area contributed by atoms with Crippen LogP contribution in [0.4, 0.5) is 21.9 Å². The van der Waals surface area contributed by atoms with Gasteiger partial charge < -0.3 is 20.4 Å². The normalized spacial score (nSPS) is 13.5. The summed E-state index contributed by atoms with van der Waals surface area (Å²) in [6.45, 7) is 1.38. The quantitative estimate of drug-likeness (QED) is 0.721. The third-order valence-corrected chi connectivity index (χ3v) is 4.89. The number of benzene rings is 2. The molecule has 0 aliphatic carbocycles. The Morgan fingerprint density at radius 3 is 2.39 bits per heavy atom. The highest BCUT2D eigenvalue weighted by atomic mass is 16.2. The van der Waals surface area contributed by atoms with Gasteiger partial charge in [0.15, 0.2) is 0 Å². The molecular formula is C22H28N4O2. The third kappa shape index (κ3) is 5.25. The van der Waals surface area contributed by atoms with Crippen molar-refractivity contribution in [3.63, 3.8) is 0 Å². The average molecular weight is 380 g/mol. The first-order valence-electron chi connectivity index (χ1n) is 9.74. The van der Waals surface area contributed by atoms with Crippen molar-refractivity contribution in [2.75, 3.05) is 42.3 Å². The molecule has 2 aromatic rings. The molecule has 1 saturated heterocycles. The van der Waals surface area contributed by atoms with E-state index in [1.54, 1.807) is 4.90 Å². The zero-order valence-corrected chi connectivity index (χ0v) is 16.6. The molecule has 2 aromatic carbocycles. The van der Waals surface area contributed by atoms with E-state index in [9.17, 15) is 9.59 Å². The molecule has 3 rings (SSSR count). The van der Waals surface area contributed by atoms with Crippen LogP contribution in [0.2, 0.25) is 0 Å². The fraction of sp³-hybridized carbons (Fsp3) is 0.364. The standard InChI is InChI=1S/C22H28N4O2/c1-25(2)19-11-7-17(8-12-19)5-3-15-23-22(28)24-18-9-13-20(14-10-18)26-16-4-6-21(26)27/h7-14H,3-6,15-16H2,1-2H3,(H2,23,24,28). The molecule has 2 N–H and O–H groups in total. The fourth-order valence-corrected chi connectivity index (χ4v) is 3.28. The molecule has 0 atom stereocenters. The van der Waals surface area contributed by atoms with Gasteiger partial charge in [0.2, 0.25) is 5.91 Å². The molecule has 1 aliphatic heterocycles. The number of anilines is 3. The first kappa shape index (κ1) is 19.7. The Morgan fingerprint density at radius 1 is 1.07 bits per heavy atom. The van der Waals surface area contributed by atoms with E-state index in [0.29, 0.717) is 18.7 Å². The monoisotopic (exact) mass is 380 g/mol. The Hall–Kier alpha value is -3.02. The van der Waals surface area contributed by atoms with Gasteiger partial charge in [0.25, 0.3) is 0 Å². The SMILES string of the molecule is CN(C)c1ccc(CCCNC(=O)Nc2ccc(N3CCCC3=O)cc2)cc1. The molecule has 6 heteroatoms. The second-order valence-corrected chi connectivity index (χ2v) is 7.24. The number of carbonyl (C=O) groups is 2. The number of hydrogen-bond acceptors (Lipinski definition) is 3. The highest BCUT2D eigenvalue weighted by Gasteiger charge is 2.21. The Kier molecular flexibility index (Phi) is 6.53. The number of nitrogens with one attached hydrogen (secondary N) is 2. The van der Waals surface area contributed by atoms with Gasteiger partial charge in [-0.25, -0.2) is 4.79 Å². The van der Waals surface area contributed by atoms with Crippen LogP contribution in [0.5, 0.6) is 0 Å². The zero-order chi connectivity index (χ0) is 19.9. The molecule has 1 aliphatic rings. The zero-order valence-electron chi connectivity index (χ0n) is 16.6. The highest BCUT2D eigenvalue weighted by Crippen LogP contribution is 2.23. The number of amides is 3. The minimum absolute atomic E-state index is 0.162. The summed E-state index contributed by atoms with van der Waals surface area (Å²) >= 11 is 0. The van der Waals surface area contributed by atoms with Crippen molar-refractivity contribution in [1.29, 1.82) is 0 Å². The first-order chi connectivity index (χ1) is 13.5. The van der Waals surface area contributed by atoms with E-state index >= 15 is 0 Å². The van der Waals surface area contributed by atoms with Crippen LogP contribution in [-0.2, 0) is 11.2 Å². The lowest BCUT2D eigenvalue weighted by atomic mass is 10.1. The smallest absolute Gasteiger partial charge is 0.319 e. The molecule has 0 spiro atoms. The van der Waals surface area contributed by atoms with E-state index in [-0.39, 0.29) is 11.9 Å². The number of urea groups is 1. The summed E-state index contributed by atoms with van der Waals surface area (Å²) in [6, 6.07) is 15.6. The van der Waals surface area contributed by atoms with Crippen molar-refractivity contribution in [2.24, 2.45) is 0 Å². The average Bonchev–Trinajstić information content (AvgIpc) is 3.12. The highest BCUT2D eigenvalue weighted by molar-refractivity contribution is 5.96. The first-order valence-corrected chi connectivity index (χ1v) is 9.74. The second kappa shape index (κ2) is 9.26. The van der Waals surface area contributed by atoms with E-state index in [2.05, 4.69) is 39.8 Å². The molecule has 1 heterocycles. The van der Waals surface area contributed by atoms with Crippen molar-refractivity contribution >= 4 is 29.0 Å². The summed E-state index contributed by atoms with van der Waals surface area (Å²) < 4.78 is 0. The van der Waals surface area contributed by atoms with Crippen LogP contribution >= 0.6 is 0 Å². The van der Waals surface area contributed by atoms with Crippen molar-refractivity contribution in [3.05, 3.63) is 54.1 Å². The molecule has 0 unspecified atom stereocenters. The minimum Gasteiger partial charge on any atom is -0.378 e. The molecule has 0 saturated carbocycles. The van der Waals surface area contributed by atoms with Crippen molar-refractivity contribution in [1.82, 2.24) is 5.32 Å². The molecular weight excluding hydrogens is 352 g/mol. The number of nitrogens with zero attached hydrogens (tertiary/aromatic N) is 2. The van der Waals surface area contributed by atoms with Gasteiger partial charge in [-0.3, -0.25) is 4.79 Å². The largest absolute Gasteiger partial charge is 0.378 e. The van der Waals surface area contributed by atoms with Crippen molar-refractivity contribution in [3.8, 4) is 0 Å². The van der Waals surface area contributed by atoms with Gasteiger partial charge in [0.1, 0.15) is 0 Å². The fourth-order valence-electron chi connectivity index (χ4n) is 3.28. The maximum absolute atomic E-state index is 12.0. The van der Waals surface area contributed by atoms with Crippen molar-refractivity contribution in [2.45, 2.75) is 25.7 Å². The van der Waals surface area contributed by atoms with Gasteiger partial charge in [0.05, 0.1) is 0 Å². The summed E-state index contributed by atoms with van der Waals surface area (Å²) in [5, 5.41) is 5.72. The minimum atomic E-state index is -0.215. The Labute approximate surface area is 166 Å². The van der Waals surface area contributed by atoms with Crippen LogP contribution in [0.3, 0.4) is 0 Å². The van der Waals surface area contributed by atoms with Gasteiger partial charge in [-0.05, 0) is 61.2 Å². The van der Waals surface area contributed by atoms with Crippen molar-refractivity contribution < 1.29 is 9.59 Å². The molecule has 28 heavy (non-hydrogen) atoms. The second-order valence-electron chi connectivity index (χ2n) is 7.24. The Morgan fingerprint density at radius 2 is 1.79 bits per heavy atom. The van der Waals surface area contributed by atoms with Gasteiger partial charge in [-0.1, -0.05) is 12.1 Å². The van der Waals surface area contributed by atoms with E-state index in [0.717, 1.165) is 31.5 Å². The summed E-state index contributed by atoms with van der Waals surface area (Å²) in [6.07, 6.45) is 3.32. The Bertz CT molecular complexity index is 800. The van der Waals surface area contributed by atoms with E-state index in [4.69, 9.17) is 0 Å². The molecule has 0 bridgehead atoms. The molecule has 148 valence electrons. The van der Waals surface area contributed by atoms with Crippen LogP contribution in [0, 0.1) is 0 Å². The van der Waals surface area contributed by atoms with Gasteiger partial charge >= 0.3 is 6.03 Å². The van der Waals surface area contributed by atoms with Gasteiger partial charge in [-0.2, -0.15) is 0 Å². The van der Waals surface area contributed by atoms with E-state index in [1.807, 2.05) is 38.4 Å². The van der Waals surface area contributed by atoms with Crippen LogP contribution in [0.1, 0.15) is 24.8 Å². The summed E-state index contributed by atoms with van der Waals surface area (Å²) in [5.41, 5.74) is 4.04. The van der Waals surface area contributed by atoms with Crippen LogP contribution in [0.15, 0.2) is 48.5 Å². The van der Waals surface area contributed by atoms with Crippen LogP contribution < -0.4 is 20.4 Å². The van der Waals surface area contributed by atoms with Crippen LogP contribution in [-0.4, -0.2) is 39.1 Å². The number of aryl methyl sites for hydroxylation is 1. The lowest BCUT2D eigenvalue weighted by Gasteiger charge is -2.16. The van der Waals surface area contributed by atoms with E-state index in [1.165, 1.54) is 11.3 Å². The lowest BCUT2D eigenvalue weighted by Crippen LogP contribution is -2.29. The maximum atomic E-state index is 12.0. The topological polar surface area (TPSA) is 64.7 Å². The number of carbonyl (C=O) groups excluding carboxylic acids is 2. The van der Waals surface area contributed by atoms with Crippen LogP contribution in [0.25, 0.3) is 0 Å². The summed E-state index contributed by atoms with van der Waals surface area (Å²) in [7, 11) is 4.05. The van der Waals surface area contributed by atoms with Gasteiger partial charge in [-0.15, -0.1) is 0 Å². The molecule has 1 fully saturated rings. The lowest BCUT2D eigenvalue weighted by molar-refractivity contribution is -0.117. The number of hydrogen-bond donors (Lipinski definition) is 2. The summed E-state index contributed by atoms with van der Waals surface area (Å²) in [4.78, 5) is 27.7. The van der Waals surface area contributed by atoms with E-state index < -0.39 is 0 Å². The van der Waals surface area contributed by atoms with Gasteiger partial charge in [0, 0.05) is 50.7 Å². The maximum Gasteiger partial charge on any atom is 0.319 e. The predicted molar refractivity (Wildman–Crippen MR) is 114 cm³/mol. The Balaban J connectivity index is 1.39. The number of rotatable bonds is 7. The molecule has 0 radical (unpaired) electrons. The predicted octanol–water partition coefficient (Wildman–Crippen LogP) is 3.63.